The van der Waals surface area contributed by atoms with Crippen molar-refractivity contribution in [2.75, 3.05) is 5.32 Å². The van der Waals surface area contributed by atoms with Crippen molar-refractivity contribution in [3.05, 3.63) is 29.0 Å². The van der Waals surface area contributed by atoms with Crippen LogP contribution in [0.1, 0.15) is 79.1 Å². The van der Waals surface area contributed by atoms with Gasteiger partial charge in [-0.05, 0) is 81.0 Å². The molecule has 5 atom stereocenters. The molecule has 0 bridgehead atoms. The Balaban J connectivity index is 1.43. The first kappa shape index (κ1) is 21.7. The Bertz CT molecular complexity index is 1130. The molecule has 0 amide bonds. The summed E-state index contributed by atoms with van der Waals surface area (Å²) in [5, 5.41) is 3.76. The van der Waals surface area contributed by atoms with E-state index in [0.29, 0.717) is 34.9 Å². The Kier molecular flexibility index (Phi) is 4.88. The van der Waals surface area contributed by atoms with Crippen LogP contribution < -0.4 is 11.0 Å². The lowest BCUT2D eigenvalue weighted by Gasteiger charge is -2.59. The molecule has 1 aliphatic heterocycles. The van der Waals surface area contributed by atoms with Crippen LogP contribution in [0.4, 0.5) is 5.82 Å². The van der Waals surface area contributed by atoms with Crippen molar-refractivity contribution in [1.82, 2.24) is 19.1 Å². The highest BCUT2D eigenvalue weighted by molar-refractivity contribution is 5.84. The Labute approximate surface area is 191 Å². The minimum atomic E-state index is -0.104. The summed E-state index contributed by atoms with van der Waals surface area (Å²) in [6, 6.07) is 0. The number of aromatic nitrogens is 4. The fourth-order valence-corrected chi connectivity index (χ4v) is 7.36. The molecule has 2 saturated carbocycles. The molecule has 1 unspecified atom stereocenters. The standard InChI is InChI=1S/C26H39N5O/c1-17-8-7-9-19-25(17,4)11-10-18(2)26(19,5)13-12-24(3)14-15-31-20-21(29-24)27-16-28-22(20)30(6)23(31)32/h16,18-19H,1,7-15H2,2-6H3,(H,27,28,29)/t18-,19+,24?,25-,26+/m1/s1. The maximum absolute atomic E-state index is 12.8. The number of nitrogens with one attached hydrogen (secondary N) is 1. The molecule has 6 nitrogen and oxygen atoms in total. The highest BCUT2D eigenvalue weighted by Crippen LogP contribution is 2.63. The van der Waals surface area contributed by atoms with Crippen LogP contribution in [0.5, 0.6) is 0 Å². The monoisotopic (exact) mass is 437 g/mol. The Hall–Kier alpha value is -2.11. The zero-order valence-corrected chi connectivity index (χ0v) is 20.5. The number of hydrogen-bond donors (Lipinski definition) is 1. The van der Waals surface area contributed by atoms with E-state index in [-0.39, 0.29) is 11.2 Å². The molecule has 0 spiro atoms. The maximum atomic E-state index is 12.8. The molecule has 0 radical (unpaired) electrons. The normalized spacial score (nSPS) is 37.1. The molecule has 5 rings (SSSR count). The third-order valence-corrected chi connectivity index (χ3v) is 10.00. The second-order valence-corrected chi connectivity index (χ2v) is 11.7. The molecule has 6 heteroatoms. The number of nitrogens with zero attached hydrogens (tertiary/aromatic N) is 4. The van der Waals surface area contributed by atoms with Gasteiger partial charge in [0.2, 0.25) is 0 Å². The number of allylic oxidation sites excluding steroid dienone is 1. The second-order valence-electron chi connectivity index (χ2n) is 11.7. The number of rotatable bonds is 3. The van der Waals surface area contributed by atoms with E-state index in [2.05, 4.69) is 49.6 Å². The molecule has 1 N–H and O–H groups in total. The van der Waals surface area contributed by atoms with Crippen molar-refractivity contribution in [3.63, 3.8) is 0 Å². The van der Waals surface area contributed by atoms with E-state index in [1.165, 1.54) is 44.1 Å². The van der Waals surface area contributed by atoms with Crippen molar-refractivity contribution in [2.24, 2.45) is 29.7 Å². The molecule has 174 valence electrons. The lowest BCUT2D eigenvalue weighted by molar-refractivity contribution is -0.0579. The van der Waals surface area contributed by atoms with E-state index < -0.39 is 0 Å². The fourth-order valence-electron chi connectivity index (χ4n) is 7.36. The van der Waals surface area contributed by atoms with Crippen LogP contribution >= 0.6 is 0 Å². The number of hydrogen-bond acceptors (Lipinski definition) is 4. The molecule has 0 aromatic carbocycles. The van der Waals surface area contributed by atoms with Crippen molar-refractivity contribution >= 4 is 17.0 Å². The van der Waals surface area contributed by atoms with Crippen molar-refractivity contribution in [2.45, 2.75) is 91.1 Å². The van der Waals surface area contributed by atoms with Crippen LogP contribution in [0.25, 0.3) is 11.2 Å². The average Bonchev–Trinajstić information content (AvgIpc) is 2.91. The van der Waals surface area contributed by atoms with Gasteiger partial charge in [-0.25, -0.2) is 14.8 Å². The number of imidazole rings is 1. The number of aryl methyl sites for hydroxylation is 2. The summed E-state index contributed by atoms with van der Waals surface area (Å²) in [4.78, 5) is 21.7. The van der Waals surface area contributed by atoms with Crippen LogP contribution in [0, 0.1) is 22.7 Å². The summed E-state index contributed by atoms with van der Waals surface area (Å²) >= 11 is 0. The zero-order chi connectivity index (χ0) is 22.9. The molecular weight excluding hydrogens is 398 g/mol. The van der Waals surface area contributed by atoms with Gasteiger partial charge in [-0.1, -0.05) is 32.9 Å². The molecule has 2 fully saturated rings. The van der Waals surface area contributed by atoms with E-state index >= 15 is 0 Å². The topological polar surface area (TPSA) is 64.7 Å². The summed E-state index contributed by atoms with van der Waals surface area (Å²) < 4.78 is 3.49. The van der Waals surface area contributed by atoms with E-state index in [0.717, 1.165) is 24.2 Å². The SMILES string of the molecule is C=C1CCC[C@@H]2[C@@](C)(CCC3(C)CCn4c(=O)n(C)c5ncnc(c54)N3)[C@H](C)CC[C@]12C. The fraction of sp³-hybridized carbons (Fsp3) is 0.731. The van der Waals surface area contributed by atoms with E-state index in [1.807, 2.05) is 4.57 Å². The zero-order valence-electron chi connectivity index (χ0n) is 20.5. The van der Waals surface area contributed by atoms with Gasteiger partial charge in [-0.15, -0.1) is 0 Å². The van der Waals surface area contributed by atoms with E-state index in [9.17, 15) is 4.79 Å². The molecule has 3 aliphatic rings. The third kappa shape index (κ3) is 3.01. The van der Waals surface area contributed by atoms with Crippen LogP contribution in [-0.2, 0) is 13.6 Å². The van der Waals surface area contributed by atoms with Crippen molar-refractivity contribution in [3.8, 4) is 0 Å². The first-order valence-electron chi connectivity index (χ1n) is 12.5. The van der Waals surface area contributed by atoms with Gasteiger partial charge >= 0.3 is 5.69 Å². The van der Waals surface area contributed by atoms with Gasteiger partial charge in [0.25, 0.3) is 0 Å². The van der Waals surface area contributed by atoms with Gasteiger partial charge in [0.15, 0.2) is 11.5 Å². The highest BCUT2D eigenvalue weighted by Gasteiger charge is 2.54. The predicted octanol–water partition coefficient (Wildman–Crippen LogP) is 5.28. The van der Waals surface area contributed by atoms with Gasteiger partial charge in [0.1, 0.15) is 11.8 Å². The van der Waals surface area contributed by atoms with Gasteiger partial charge < -0.3 is 5.32 Å². The molecule has 0 saturated heterocycles. The molecule has 2 aromatic heterocycles. The Morgan fingerprint density at radius 2 is 1.97 bits per heavy atom. The van der Waals surface area contributed by atoms with Crippen molar-refractivity contribution in [1.29, 1.82) is 0 Å². The van der Waals surface area contributed by atoms with Crippen LogP contribution in [-0.4, -0.2) is 24.6 Å². The predicted molar refractivity (Wildman–Crippen MR) is 130 cm³/mol. The molecule has 32 heavy (non-hydrogen) atoms. The van der Waals surface area contributed by atoms with Gasteiger partial charge in [0, 0.05) is 19.1 Å². The smallest absolute Gasteiger partial charge is 0.330 e. The van der Waals surface area contributed by atoms with E-state index in [4.69, 9.17) is 0 Å². The second kappa shape index (κ2) is 7.19. The summed E-state index contributed by atoms with van der Waals surface area (Å²) in [5.74, 6) is 2.22. The van der Waals surface area contributed by atoms with Crippen LogP contribution in [0.2, 0.25) is 0 Å². The summed E-state index contributed by atoms with van der Waals surface area (Å²) in [6.07, 6.45) is 11.1. The van der Waals surface area contributed by atoms with Crippen LogP contribution in [0.15, 0.2) is 23.3 Å². The lowest BCUT2D eigenvalue weighted by Crippen LogP contribution is -2.51. The Morgan fingerprint density at radius 3 is 2.75 bits per heavy atom. The Morgan fingerprint density at radius 1 is 1.19 bits per heavy atom. The quantitative estimate of drug-likeness (QED) is 0.663. The van der Waals surface area contributed by atoms with Gasteiger partial charge in [-0.2, -0.15) is 0 Å². The maximum Gasteiger partial charge on any atom is 0.330 e. The number of anilines is 1. The molecule has 2 aliphatic carbocycles. The lowest BCUT2D eigenvalue weighted by atomic mass is 9.46. The van der Waals surface area contributed by atoms with Gasteiger partial charge in [0.05, 0.1) is 0 Å². The summed E-state index contributed by atoms with van der Waals surface area (Å²) in [6.45, 7) is 15.1. The summed E-state index contributed by atoms with van der Waals surface area (Å²) in [7, 11) is 1.79. The molecule has 3 heterocycles. The first-order chi connectivity index (χ1) is 15.1. The van der Waals surface area contributed by atoms with Gasteiger partial charge in [-0.3, -0.25) is 9.13 Å². The average molecular weight is 438 g/mol. The third-order valence-electron chi connectivity index (χ3n) is 10.00. The molecular formula is C26H39N5O. The molecule has 2 aromatic rings. The number of fused-ring (bicyclic) bond motifs is 1. The van der Waals surface area contributed by atoms with Crippen LogP contribution in [0.3, 0.4) is 0 Å². The minimum absolute atomic E-state index is 0.00264. The van der Waals surface area contributed by atoms with E-state index in [1.54, 1.807) is 17.9 Å². The van der Waals surface area contributed by atoms with Crippen molar-refractivity contribution < 1.29 is 0 Å². The highest BCUT2D eigenvalue weighted by atomic mass is 16.1. The first-order valence-corrected chi connectivity index (χ1v) is 12.5. The largest absolute Gasteiger partial charge is 0.363 e. The summed E-state index contributed by atoms with van der Waals surface area (Å²) in [5.41, 5.74) is 3.54. The minimum Gasteiger partial charge on any atom is -0.363 e.